The average Bonchev–Trinajstić information content (AvgIpc) is 3.44. The zero-order valence-corrected chi connectivity index (χ0v) is 25.4. The maximum atomic E-state index is 14.5. The van der Waals surface area contributed by atoms with E-state index in [1.807, 2.05) is 6.07 Å². The molecule has 0 aliphatic heterocycles. The van der Waals surface area contributed by atoms with Crippen molar-refractivity contribution < 1.29 is 14.3 Å². The highest BCUT2D eigenvalue weighted by atomic mass is 19.1. The first-order chi connectivity index (χ1) is 18.7. The number of carboxylic acids is 1. The average molecular weight is 546 g/mol. The van der Waals surface area contributed by atoms with E-state index in [0.717, 1.165) is 49.4 Å². The van der Waals surface area contributed by atoms with Crippen LogP contribution in [0.1, 0.15) is 104 Å². The Labute approximate surface area is 239 Å². The van der Waals surface area contributed by atoms with E-state index in [4.69, 9.17) is 0 Å². The predicted molar refractivity (Wildman–Crippen MR) is 159 cm³/mol. The Balaban J connectivity index is 1.34. The standard InChI is InChI=1S/C36H48FNO2/c1-20(2)22-12-15-36(31(39)40)17-16-34(6)25(29(22)36)9-11-28-33(5)19-24-23-18-21(37)8-10-26(23)38-30(24)32(3,4)27(33)13-14-35(28,34)7/h8,10,18,22,25,27-29,38H,1,9,11-17,19H2,2-7H3,(H,39,40)/t22?,25?,27?,28?,29?,33-,34+,35+,36-/m0/s1. The Morgan fingerprint density at radius 2 is 1.73 bits per heavy atom. The molecule has 0 saturated heterocycles. The largest absolute Gasteiger partial charge is 0.481 e. The van der Waals surface area contributed by atoms with Crippen LogP contribution in [0.4, 0.5) is 4.39 Å². The van der Waals surface area contributed by atoms with Gasteiger partial charge in [-0.05, 0) is 134 Å². The highest BCUT2D eigenvalue weighted by molar-refractivity contribution is 5.85. The summed E-state index contributed by atoms with van der Waals surface area (Å²) in [6.07, 6.45) is 9.31. The molecule has 1 heterocycles. The summed E-state index contributed by atoms with van der Waals surface area (Å²) in [5.41, 5.74) is 4.69. The molecule has 0 bridgehead atoms. The van der Waals surface area contributed by atoms with Crippen molar-refractivity contribution in [3.8, 4) is 0 Å². The molecule has 4 heteroatoms. The summed E-state index contributed by atoms with van der Waals surface area (Å²) in [5, 5.41) is 11.7. The van der Waals surface area contributed by atoms with Crippen LogP contribution in [0.3, 0.4) is 0 Å². The lowest BCUT2D eigenvalue weighted by atomic mass is 9.32. The molecule has 216 valence electrons. The van der Waals surface area contributed by atoms with Crippen molar-refractivity contribution in [2.24, 2.45) is 51.2 Å². The van der Waals surface area contributed by atoms with Crippen molar-refractivity contribution in [2.75, 3.05) is 0 Å². The Bertz CT molecular complexity index is 1440. The van der Waals surface area contributed by atoms with E-state index in [9.17, 15) is 14.3 Å². The molecule has 5 aliphatic carbocycles. The first kappa shape index (κ1) is 26.8. The lowest BCUT2D eigenvalue weighted by Gasteiger charge is -2.72. The number of aliphatic carboxylic acids is 1. The number of fused-ring (bicyclic) bond motifs is 10. The SMILES string of the molecule is C=C(C)C1CC[C@]2(C(=O)O)CC[C@]3(C)C(CCC4[C@@]5(C)Cc6c([nH]c7ccc(F)cc67)C(C)(C)C5CC[C@]43C)C12. The van der Waals surface area contributed by atoms with Gasteiger partial charge in [0.15, 0.2) is 0 Å². The van der Waals surface area contributed by atoms with Crippen LogP contribution in [0.25, 0.3) is 10.9 Å². The van der Waals surface area contributed by atoms with Crippen LogP contribution in [-0.4, -0.2) is 16.1 Å². The van der Waals surface area contributed by atoms with Gasteiger partial charge in [0.1, 0.15) is 5.82 Å². The smallest absolute Gasteiger partial charge is 0.309 e. The molecule has 9 atom stereocenters. The van der Waals surface area contributed by atoms with Gasteiger partial charge in [0, 0.05) is 22.0 Å². The number of carbonyl (C=O) groups is 1. The highest BCUT2D eigenvalue weighted by Crippen LogP contribution is 2.77. The Hall–Kier alpha value is -2.10. The molecule has 4 fully saturated rings. The molecule has 0 radical (unpaired) electrons. The van der Waals surface area contributed by atoms with Gasteiger partial charge in [0.25, 0.3) is 0 Å². The normalized spacial score (nSPS) is 45.1. The first-order valence-corrected chi connectivity index (χ1v) is 15.9. The van der Waals surface area contributed by atoms with E-state index in [1.54, 1.807) is 12.1 Å². The quantitative estimate of drug-likeness (QED) is 0.370. The Morgan fingerprint density at radius 3 is 2.42 bits per heavy atom. The van der Waals surface area contributed by atoms with Gasteiger partial charge in [-0.2, -0.15) is 0 Å². The lowest BCUT2D eigenvalue weighted by Crippen LogP contribution is -2.66. The number of nitrogens with one attached hydrogen (secondary N) is 1. The van der Waals surface area contributed by atoms with Crippen molar-refractivity contribution >= 4 is 16.9 Å². The third-order valence-corrected chi connectivity index (χ3v) is 14.7. The molecule has 40 heavy (non-hydrogen) atoms. The molecule has 2 aromatic rings. The molecule has 0 spiro atoms. The van der Waals surface area contributed by atoms with Gasteiger partial charge < -0.3 is 10.1 Å². The van der Waals surface area contributed by atoms with Gasteiger partial charge in [-0.15, -0.1) is 0 Å². The van der Waals surface area contributed by atoms with Gasteiger partial charge in [0.05, 0.1) is 5.41 Å². The second-order valence-corrected chi connectivity index (χ2v) is 16.2. The minimum atomic E-state index is -0.575. The van der Waals surface area contributed by atoms with Gasteiger partial charge in [-0.1, -0.05) is 46.8 Å². The summed E-state index contributed by atoms with van der Waals surface area (Å²) in [7, 11) is 0. The van der Waals surface area contributed by atoms with Crippen LogP contribution in [0, 0.1) is 57.1 Å². The molecule has 0 amide bonds. The number of hydrogen-bond acceptors (Lipinski definition) is 1. The van der Waals surface area contributed by atoms with Crippen molar-refractivity contribution in [1.29, 1.82) is 0 Å². The van der Waals surface area contributed by atoms with Gasteiger partial charge in [-0.3, -0.25) is 4.79 Å². The third-order valence-electron chi connectivity index (χ3n) is 14.7. The Kier molecular flexibility index (Phi) is 5.38. The van der Waals surface area contributed by atoms with Crippen LogP contribution < -0.4 is 0 Å². The Morgan fingerprint density at radius 1 is 0.975 bits per heavy atom. The fourth-order valence-electron chi connectivity index (χ4n) is 12.8. The van der Waals surface area contributed by atoms with E-state index in [2.05, 4.69) is 53.1 Å². The lowest BCUT2D eigenvalue weighted by molar-refractivity contribution is -0.227. The molecule has 1 aromatic heterocycles. The number of hydrogen-bond donors (Lipinski definition) is 2. The maximum Gasteiger partial charge on any atom is 0.309 e. The van der Waals surface area contributed by atoms with Crippen molar-refractivity contribution in [3.63, 3.8) is 0 Å². The van der Waals surface area contributed by atoms with E-state index >= 15 is 0 Å². The van der Waals surface area contributed by atoms with Crippen LogP contribution in [0.2, 0.25) is 0 Å². The molecular formula is C36H48FNO2. The van der Waals surface area contributed by atoms with E-state index in [0.29, 0.717) is 23.7 Å². The van der Waals surface area contributed by atoms with Crippen molar-refractivity contribution in [3.05, 3.63) is 47.4 Å². The monoisotopic (exact) mass is 545 g/mol. The molecule has 7 rings (SSSR count). The summed E-state index contributed by atoms with van der Waals surface area (Å²) in [6.45, 7) is 19.1. The third kappa shape index (κ3) is 2.99. The van der Waals surface area contributed by atoms with E-state index in [1.165, 1.54) is 36.1 Å². The summed E-state index contributed by atoms with van der Waals surface area (Å²) < 4.78 is 14.5. The molecule has 2 N–H and O–H groups in total. The topological polar surface area (TPSA) is 53.1 Å². The number of H-pyrrole nitrogens is 1. The zero-order chi connectivity index (χ0) is 28.6. The number of carboxylic acid groups (broad SMARTS) is 1. The number of allylic oxidation sites excluding steroid dienone is 1. The second kappa shape index (κ2) is 8.04. The maximum absolute atomic E-state index is 14.5. The number of aromatic nitrogens is 1. The summed E-state index contributed by atoms with van der Waals surface area (Å²) in [4.78, 5) is 16.7. The highest BCUT2D eigenvalue weighted by Gasteiger charge is 2.72. The summed E-state index contributed by atoms with van der Waals surface area (Å²) in [5.74, 6) is 1.36. The van der Waals surface area contributed by atoms with Crippen LogP contribution >= 0.6 is 0 Å². The van der Waals surface area contributed by atoms with Gasteiger partial charge >= 0.3 is 5.97 Å². The molecular weight excluding hydrogens is 497 g/mol. The molecule has 5 aliphatic rings. The van der Waals surface area contributed by atoms with Gasteiger partial charge in [-0.25, -0.2) is 4.39 Å². The van der Waals surface area contributed by atoms with Crippen LogP contribution in [-0.2, 0) is 16.6 Å². The first-order valence-electron chi connectivity index (χ1n) is 15.9. The summed E-state index contributed by atoms with van der Waals surface area (Å²) in [6, 6.07) is 5.24. The number of rotatable bonds is 2. The molecule has 1 aromatic carbocycles. The van der Waals surface area contributed by atoms with Crippen LogP contribution in [0.15, 0.2) is 30.4 Å². The molecule has 5 unspecified atom stereocenters. The fraction of sp³-hybridized carbons (Fsp3) is 0.694. The predicted octanol–water partition coefficient (Wildman–Crippen LogP) is 9.06. The number of benzene rings is 1. The molecule has 4 saturated carbocycles. The number of aromatic amines is 1. The fourth-order valence-corrected chi connectivity index (χ4v) is 12.8. The summed E-state index contributed by atoms with van der Waals surface area (Å²) >= 11 is 0. The van der Waals surface area contributed by atoms with E-state index < -0.39 is 11.4 Å². The van der Waals surface area contributed by atoms with E-state index in [-0.39, 0.29) is 33.4 Å². The zero-order valence-electron chi connectivity index (χ0n) is 25.4. The van der Waals surface area contributed by atoms with Gasteiger partial charge in [0.2, 0.25) is 0 Å². The van der Waals surface area contributed by atoms with Crippen molar-refractivity contribution in [1.82, 2.24) is 4.98 Å². The second-order valence-electron chi connectivity index (χ2n) is 16.2. The minimum Gasteiger partial charge on any atom is -0.481 e. The molecule has 3 nitrogen and oxygen atoms in total. The minimum absolute atomic E-state index is 0.0154. The van der Waals surface area contributed by atoms with Crippen molar-refractivity contribution in [2.45, 2.75) is 105 Å². The van der Waals surface area contributed by atoms with Crippen LogP contribution in [0.5, 0.6) is 0 Å². The number of halogens is 1.